The lowest BCUT2D eigenvalue weighted by Crippen LogP contribution is -2.17. The number of oxime groups is 1. The Balaban J connectivity index is 2.27. The molecular weight excluding hydrogens is 306 g/mol. The molecule has 6 heteroatoms. The van der Waals surface area contributed by atoms with Gasteiger partial charge in [-0.1, -0.05) is 53.2 Å². The van der Waals surface area contributed by atoms with Crippen molar-refractivity contribution in [3.05, 3.63) is 64.7 Å². The number of aliphatic carboxylic acids is 1. The van der Waals surface area contributed by atoms with Crippen molar-refractivity contribution in [1.29, 1.82) is 0 Å². The third-order valence-corrected chi connectivity index (χ3v) is 3.19. The molecule has 5 nitrogen and oxygen atoms in total. The van der Waals surface area contributed by atoms with Gasteiger partial charge in [-0.15, -0.1) is 0 Å². The largest absolute Gasteiger partial charge is 0.487 e. The fourth-order valence-corrected chi connectivity index (χ4v) is 2.08. The summed E-state index contributed by atoms with van der Waals surface area (Å²) < 4.78 is 5.65. The molecule has 22 heavy (non-hydrogen) atoms. The molecule has 0 bridgehead atoms. The van der Waals surface area contributed by atoms with Gasteiger partial charge in [-0.05, 0) is 17.7 Å². The second-order valence-corrected chi connectivity index (χ2v) is 4.71. The maximum atomic E-state index is 11.3. The Morgan fingerprint density at radius 1 is 1.18 bits per heavy atom. The lowest BCUT2D eigenvalue weighted by Gasteiger charge is -2.11. The standard InChI is InChI=1S/C16H14ClNO4/c1-21-18-15(16(19)20)12-7-3-2-6-11(12)10-22-14-9-5-4-8-13(14)17/h2-9H,10H2,1H3,(H,19,20). The summed E-state index contributed by atoms with van der Waals surface area (Å²) in [5.74, 6) is -0.647. The van der Waals surface area contributed by atoms with E-state index in [-0.39, 0.29) is 12.3 Å². The first-order valence-electron chi connectivity index (χ1n) is 6.43. The van der Waals surface area contributed by atoms with E-state index in [9.17, 15) is 9.90 Å². The number of halogens is 1. The number of benzene rings is 2. The molecule has 0 atom stereocenters. The van der Waals surface area contributed by atoms with Gasteiger partial charge in [0, 0.05) is 5.56 Å². The van der Waals surface area contributed by atoms with Gasteiger partial charge in [0.05, 0.1) is 5.02 Å². The van der Waals surface area contributed by atoms with Crippen LogP contribution in [0, 0.1) is 0 Å². The molecule has 0 amide bonds. The topological polar surface area (TPSA) is 68.1 Å². The van der Waals surface area contributed by atoms with Crippen LogP contribution >= 0.6 is 11.6 Å². The van der Waals surface area contributed by atoms with Gasteiger partial charge in [-0.3, -0.25) is 0 Å². The monoisotopic (exact) mass is 319 g/mol. The van der Waals surface area contributed by atoms with Crippen molar-refractivity contribution in [2.24, 2.45) is 5.16 Å². The molecule has 2 aromatic carbocycles. The molecule has 0 heterocycles. The van der Waals surface area contributed by atoms with E-state index in [1.54, 1.807) is 42.5 Å². The predicted octanol–water partition coefficient (Wildman–Crippen LogP) is 3.35. The SMILES string of the molecule is CON=C(C(=O)O)c1ccccc1COc1ccccc1Cl. The molecule has 0 aliphatic carbocycles. The first-order valence-corrected chi connectivity index (χ1v) is 6.81. The summed E-state index contributed by atoms with van der Waals surface area (Å²) in [6.07, 6.45) is 0. The number of carboxylic acids is 1. The summed E-state index contributed by atoms with van der Waals surface area (Å²) in [7, 11) is 1.30. The van der Waals surface area contributed by atoms with E-state index in [1.165, 1.54) is 7.11 Å². The Bertz CT molecular complexity index is 700. The van der Waals surface area contributed by atoms with E-state index >= 15 is 0 Å². The number of carboxylic acid groups (broad SMARTS) is 1. The summed E-state index contributed by atoms with van der Waals surface area (Å²) in [4.78, 5) is 15.9. The number of hydrogen-bond donors (Lipinski definition) is 1. The third kappa shape index (κ3) is 3.77. The lowest BCUT2D eigenvalue weighted by molar-refractivity contribution is -0.129. The summed E-state index contributed by atoms with van der Waals surface area (Å²) in [6, 6.07) is 14.0. The molecule has 0 fully saturated rings. The van der Waals surface area contributed by atoms with Crippen LogP contribution in [-0.4, -0.2) is 23.9 Å². The predicted molar refractivity (Wildman–Crippen MR) is 83.4 cm³/mol. The fraction of sp³-hybridized carbons (Fsp3) is 0.125. The number of ether oxygens (including phenoxy) is 1. The molecule has 2 rings (SSSR count). The minimum Gasteiger partial charge on any atom is -0.487 e. The van der Waals surface area contributed by atoms with Crippen LogP contribution in [0.1, 0.15) is 11.1 Å². The van der Waals surface area contributed by atoms with E-state index in [0.717, 1.165) is 0 Å². The van der Waals surface area contributed by atoms with Crippen LogP contribution in [0.4, 0.5) is 0 Å². The van der Waals surface area contributed by atoms with E-state index in [1.807, 2.05) is 6.07 Å². The Kier molecular flexibility index (Phi) is 5.38. The van der Waals surface area contributed by atoms with Crippen molar-refractivity contribution < 1.29 is 19.5 Å². The number of para-hydroxylation sites is 1. The molecular formula is C16H14ClNO4. The fourth-order valence-electron chi connectivity index (χ4n) is 1.89. The highest BCUT2D eigenvalue weighted by molar-refractivity contribution is 6.42. The van der Waals surface area contributed by atoms with Crippen LogP contribution in [0.5, 0.6) is 5.75 Å². The lowest BCUT2D eigenvalue weighted by atomic mass is 10.0. The van der Waals surface area contributed by atoms with E-state index < -0.39 is 5.97 Å². The van der Waals surface area contributed by atoms with Gasteiger partial charge in [0.1, 0.15) is 19.5 Å². The highest BCUT2D eigenvalue weighted by Gasteiger charge is 2.17. The van der Waals surface area contributed by atoms with Gasteiger partial charge in [-0.2, -0.15) is 0 Å². The quantitative estimate of drug-likeness (QED) is 0.655. The normalized spacial score (nSPS) is 11.1. The minimum absolute atomic E-state index is 0.163. The van der Waals surface area contributed by atoms with Crippen molar-refractivity contribution in [1.82, 2.24) is 0 Å². The zero-order chi connectivity index (χ0) is 15.9. The van der Waals surface area contributed by atoms with E-state index in [0.29, 0.717) is 21.9 Å². The van der Waals surface area contributed by atoms with Crippen LogP contribution in [0.3, 0.4) is 0 Å². The molecule has 0 aromatic heterocycles. The van der Waals surface area contributed by atoms with Gasteiger partial charge in [-0.25, -0.2) is 4.79 Å². The van der Waals surface area contributed by atoms with Gasteiger partial charge in [0.2, 0.25) is 0 Å². The molecule has 0 radical (unpaired) electrons. The van der Waals surface area contributed by atoms with Crippen LogP contribution < -0.4 is 4.74 Å². The molecule has 0 saturated carbocycles. The number of hydrogen-bond acceptors (Lipinski definition) is 4. The Morgan fingerprint density at radius 2 is 1.86 bits per heavy atom. The Morgan fingerprint density at radius 3 is 2.55 bits per heavy atom. The van der Waals surface area contributed by atoms with Crippen molar-refractivity contribution in [3.8, 4) is 5.75 Å². The maximum Gasteiger partial charge on any atom is 0.358 e. The Labute approximate surface area is 132 Å². The number of carbonyl (C=O) groups is 1. The van der Waals surface area contributed by atoms with Crippen LogP contribution in [0.25, 0.3) is 0 Å². The summed E-state index contributed by atoms with van der Waals surface area (Å²) in [5, 5.41) is 13.3. The van der Waals surface area contributed by atoms with Gasteiger partial charge >= 0.3 is 5.97 Å². The minimum atomic E-state index is -1.17. The highest BCUT2D eigenvalue weighted by Crippen LogP contribution is 2.24. The van der Waals surface area contributed by atoms with Crippen molar-refractivity contribution in [2.75, 3.05) is 7.11 Å². The highest BCUT2D eigenvalue weighted by atomic mass is 35.5. The number of nitrogens with zero attached hydrogens (tertiary/aromatic N) is 1. The van der Waals surface area contributed by atoms with Gasteiger partial charge < -0.3 is 14.7 Å². The summed E-state index contributed by atoms with van der Waals surface area (Å²) in [5.41, 5.74) is 0.922. The zero-order valence-corrected chi connectivity index (χ0v) is 12.6. The van der Waals surface area contributed by atoms with Crippen LogP contribution in [0.2, 0.25) is 5.02 Å². The summed E-state index contributed by atoms with van der Waals surface area (Å²) in [6.45, 7) is 0.163. The van der Waals surface area contributed by atoms with E-state index in [2.05, 4.69) is 9.99 Å². The first-order chi connectivity index (χ1) is 10.6. The van der Waals surface area contributed by atoms with Crippen molar-refractivity contribution in [2.45, 2.75) is 6.61 Å². The molecule has 0 unspecified atom stereocenters. The average molecular weight is 320 g/mol. The van der Waals surface area contributed by atoms with Crippen molar-refractivity contribution in [3.63, 3.8) is 0 Å². The molecule has 0 saturated heterocycles. The second kappa shape index (κ2) is 7.47. The molecule has 0 aliphatic heterocycles. The smallest absolute Gasteiger partial charge is 0.358 e. The van der Waals surface area contributed by atoms with Crippen molar-refractivity contribution >= 4 is 23.3 Å². The summed E-state index contributed by atoms with van der Waals surface area (Å²) >= 11 is 6.03. The van der Waals surface area contributed by atoms with Gasteiger partial charge in [0.25, 0.3) is 0 Å². The molecule has 0 aliphatic rings. The van der Waals surface area contributed by atoms with Gasteiger partial charge in [0.15, 0.2) is 5.71 Å². The molecule has 2 aromatic rings. The van der Waals surface area contributed by atoms with Crippen LogP contribution in [0.15, 0.2) is 53.7 Å². The maximum absolute atomic E-state index is 11.3. The second-order valence-electron chi connectivity index (χ2n) is 4.30. The molecule has 0 spiro atoms. The first kappa shape index (κ1) is 15.9. The Hall–Kier alpha value is -2.53. The number of rotatable bonds is 6. The zero-order valence-electron chi connectivity index (χ0n) is 11.8. The molecule has 114 valence electrons. The molecule has 1 N–H and O–H groups in total. The van der Waals surface area contributed by atoms with Crippen LogP contribution in [-0.2, 0) is 16.2 Å². The van der Waals surface area contributed by atoms with E-state index in [4.69, 9.17) is 16.3 Å². The average Bonchev–Trinajstić information content (AvgIpc) is 2.52. The third-order valence-electron chi connectivity index (χ3n) is 2.88.